The number of benzene rings is 2. The van der Waals surface area contributed by atoms with Crippen LogP contribution in [0.3, 0.4) is 0 Å². The molecule has 1 aliphatic carbocycles. The van der Waals surface area contributed by atoms with E-state index in [4.69, 9.17) is 4.52 Å². The minimum Gasteiger partial charge on any atom is -0.361 e. The number of pyridine rings is 1. The second kappa shape index (κ2) is 10.0. The summed E-state index contributed by atoms with van der Waals surface area (Å²) in [5.74, 6) is 2.77. The lowest BCUT2D eigenvalue weighted by Gasteiger charge is -2.32. The van der Waals surface area contributed by atoms with Crippen LogP contribution in [-0.2, 0) is 4.79 Å². The van der Waals surface area contributed by atoms with Gasteiger partial charge in [0, 0.05) is 31.0 Å². The Morgan fingerprint density at radius 3 is 2.23 bits per heavy atom. The summed E-state index contributed by atoms with van der Waals surface area (Å²) in [6.45, 7) is 1.73. The summed E-state index contributed by atoms with van der Waals surface area (Å²) < 4.78 is 7.80. The minimum absolute atomic E-state index is 0.0152. The third-order valence-electron chi connectivity index (χ3n) is 7.85. The van der Waals surface area contributed by atoms with Gasteiger partial charge in [0.15, 0.2) is 5.65 Å². The number of amides is 1. The highest BCUT2D eigenvalue weighted by Gasteiger charge is 2.31. The van der Waals surface area contributed by atoms with E-state index in [1.54, 1.807) is 0 Å². The van der Waals surface area contributed by atoms with Crippen LogP contribution in [0.4, 0.5) is 11.8 Å². The van der Waals surface area contributed by atoms with Crippen molar-refractivity contribution in [2.45, 2.75) is 37.5 Å². The number of fused-ring (bicyclic) bond motifs is 1. The number of rotatable bonds is 7. The number of nitrogens with zero attached hydrogens (tertiary/aromatic N) is 5. The molecule has 1 aliphatic heterocycles. The average Bonchev–Trinajstić information content (AvgIpc) is 3.59. The van der Waals surface area contributed by atoms with Crippen LogP contribution in [0.25, 0.3) is 5.65 Å². The van der Waals surface area contributed by atoms with Gasteiger partial charge < -0.3 is 9.42 Å². The molecule has 2 aliphatic rings. The maximum Gasteiger partial charge on any atom is 0.249 e. The van der Waals surface area contributed by atoms with E-state index in [9.17, 15) is 4.79 Å². The van der Waals surface area contributed by atoms with Crippen molar-refractivity contribution in [3.8, 4) is 0 Å². The van der Waals surface area contributed by atoms with Crippen molar-refractivity contribution < 1.29 is 9.32 Å². The van der Waals surface area contributed by atoms with E-state index in [1.165, 1.54) is 11.1 Å². The summed E-state index contributed by atoms with van der Waals surface area (Å²) in [5.41, 5.74) is 4.07. The second-order valence-corrected chi connectivity index (χ2v) is 10.5. The van der Waals surface area contributed by atoms with Crippen molar-refractivity contribution in [1.29, 1.82) is 0 Å². The summed E-state index contributed by atoms with van der Waals surface area (Å²) >= 11 is 0. The quantitative estimate of drug-likeness (QED) is 0.300. The predicted octanol–water partition coefficient (Wildman–Crippen LogP) is 5.63. The maximum absolute atomic E-state index is 12.2. The van der Waals surface area contributed by atoms with Crippen LogP contribution >= 0.6 is 0 Å². The zero-order valence-electron chi connectivity index (χ0n) is 21.6. The number of anilines is 2. The third kappa shape index (κ3) is 4.78. The molecule has 8 nitrogen and oxygen atoms in total. The molecule has 8 heteroatoms. The lowest BCUT2D eigenvalue weighted by atomic mass is 9.87. The number of carbonyl (C=O) groups excluding carboxylic acids is 1. The van der Waals surface area contributed by atoms with Gasteiger partial charge in [-0.3, -0.25) is 10.1 Å². The van der Waals surface area contributed by atoms with Gasteiger partial charge in [0.05, 0.1) is 11.6 Å². The topological polar surface area (TPSA) is 88.6 Å². The predicted molar refractivity (Wildman–Crippen MR) is 149 cm³/mol. The molecule has 196 valence electrons. The Labute approximate surface area is 226 Å². The first-order valence-electron chi connectivity index (χ1n) is 13.7. The summed E-state index contributed by atoms with van der Waals surface area (Å²) in [5, 5.41) is 12.0. The Morgan fingerprint density at radius 1 is 0.872 bits per heavy atom. The molecule has 0 atom stereocenters. The van der Waals surface area contributed by atoms with Crippen molar-refractivity contribution in [2.75, 3.05) is 23.3 Å². The van der Waals surface area contributed by atoms with Crippen LogP contribution in [0.1, 0.15) is 60.1 Å². The lowest BCUT2D eigenvalue weighted by Crippen LogP contribution is -2.34. The average molecular weight is 519 g/mol. The van der Waals surface area contributed by atoms with E-state index >= 15 is 0 Å². The first-order valence-corrected chi connectivity index (χ1v) is 13.7. The Bertz CT molecular complexity index is 1540. The molecule has 1 saturated carbocycles. The van der Waals surface area contributed by atoms with Gasteiger partial charge in [-0.1, -0.05) is 71.9 Å². The summed E-state index contributed by atoms with van der Waals surface area (Å²) in [6, 6.07) is 29.1. The highest BCUT2D eigenvalue weighted by molar-refractivity contribution is 5.92. The molecule has 1 amide bonds. The zero-order chi connectivity index (χ0) is 26.2. The SMILES string of the molecule is O=C(Nc1nc2cccc(N3CCC(c4cc(C(c5ccccc5)c5ccccc5)no4)CC3)n2n1)C1CC1. The van der Waals surface area contributed by atoms with Gasteiger partial charge in [-0.05, 0) is 48.9 Å². The Morgan fingerprint density at radius 2 is 1.56 bits per heavy atom. The van der Waals surface area contributed by atoms with Gasteiger partial charge in [0.1, 0.15) is 11.6 Å². The number of carbonyl (C=O) groups is 1. The molecule has 39 heavy (non-hydrogen) atoms. The molecular formula is C31H30N6O2. The summed E-state index contributed by atoms with van der Waals surface area (Å²) in [7, 11) is 0. The van der Waals surface area contributed by atoms with Crippen molar-refractivity contribution in [3.63, 3.8) is 0 Å². The van der Waals surface area contributed by atoms with Gasteiger partial charge in [0.2, 0.25) is 11.9 Å². The zero-order valence-corrected chi connectivity index (χ0v) is 21.6. The van der Waals surface area contributed by atoms with Crippen molar-refractivity contribution in [3.05, 3.63) is 108 Å². The number of aromatic nitrogens is 4. The molecule has 0 unspecified atom stereocenters. The first-order chi connectivity index (χ1) is 19.2. The van der Waals surface area contributed by atoms with Crippen molar-refractivity contribution in [1.82, 2.24) is 19.8 Å². The minimum atomic E-state index is 0.0152. The molecule has 2 fully saturated rings. The van der Waals surface area contributed by atoms with E-state index < -0.39 is 0 Å². The smallest absolute Gasteiger partial charge is 0.249 e. The molecule has 0 spiro atoms. The molecule has 5 aromatic rings. The number of piperidine rings is 1. The molecule has 4 heterocycles. The van der Waals surface area contributed by atoms with Gasteiger partial charge in [-0.15, -0.1) is 5.10 Å². The van der Waals surface area contributed by atoms with E-state index in [1.807, 2.05) is 28.8 Å². The number of hydrogen-bond acceptors (Lipinski definition) is 6. The van der Waals surface area contributed by atoms with Crippen LogP contribution in [-0.4, -0.2) is 38.8 Å². The Kier molecular flexibility index (Phi) is 6.07. The van der Waals surface area contributed by atoms with Crippen LogP contribution in [0.2, 0.25) is 0 Å². The van der Waals surface area contributed by atoms with E-state index in [0.717, 1.165) is 61.7 Å². The van der Waals surface area contributed by atoms with Crippen molar-refractivity contribution >= 4 is 23.3 Å². The highest BCUT2D eigenvalue weighted by atomic mass is 16.5. The molecule has 3 aromatic heterocycles. The molecule has 0 radical (unpaired) electrons. The Hall–Kier alpha value is -4.46. The van der Waals surface area contributed by atoms with Crippen LogP contribution in [0.15, 0.2) is 89.5 Å². The summed E-state index contributed by atoms with van der Waals surface area (Å²) in [4.78, 5) is 19.0. The monoisotopic (exact) mass is 518 g/mol. The van der Waals surface area contributed by atoms with Gasteiger partial charge in [-0.2, -0.15) is 9.50 Å². The molecule has 1 saturated heterocycles. The summed E-state index contributed by atoms with van der Waals surface area (Å²) in [6.07, 6.45) is 3.80. The lowest BCUT2D eigenvalue weighted by molar-refractivity contribution is -0.117. The highest BCUT2D eigenvalue weighted by Crippen LogP contribution is 2.36. The van der Waals surface area contributed by atoms with E-state index in [0.29, 0.717) is 11.9 Å². The molecule has 7 rings (SSSR count). The van der Waals surface area contributed by atoms with Crippen molar-refractivity contribution in [2.24, 2.45) is 5.92 Å². The third-order valence-corrected chi connectivity index (χ3v) is 7.85. The fraction of sp³-hybridized carbons (Fsp3) is 0.290. The fourth-order valence-corrected chi connectivity index (χ4v) is 5.59. The molecular weight excluding hydrogens is 488 g/mol. The van der Waals surface area contributed by atoms with Gasteiger partial charge >= 0.3 is 0 Å². The molecule has 1 N–H and O–H groups in total. The van der Waals surface area contributed by atoms with Gasteiger partial charge in [0.25, 0.3) is 0 Å². The van der Waals surface area contributed by atoms with E-state index in [2.05, 4.69) is 86.1 Å². The maximum atomic E-state index is 12.2. The Balaban J connectivity index is 1.08. The molecule has 2 aromatic carbocycles. The molecule has 0 bridgehead atoms. The van der Waals surface area contributed by atoms with Crippen LogP contribution in [0.5, 0.6) is 0 Å². The second-order valence-electron chi connectivity index (χ2n) is 10.5. The van der Waals surface area contributed by atoms with Gasteiger partial charge in [-0.25, -0.2) is 0 Å². The standard InChI is InChI=1S/C31H30N6O2/c38-30(24-14-15-24)33-31-32-27-12-7-13-28(37(27)34-31)36-18-16-21(17-19-36)26-20-25(35-39-26)29(22-8-3-1-4-9-22)23-10-5-2-6-11-23/h1-13,20-21,24,29H,14-19H2,(H,33,34,38). The normalized spacial score (nSPS) is 16.2. The largest absolute Gasteiger partial charge is 0.361 e. The van der Waals surface area contributed by atoms with Crippen LogP contribution < -0.4 is 10.2 Å². The van der Waals surface area contributed by atoms with E-state index in [-0.39, 0.29) is 17.7 Å². The first kappa shape index (κ1) is 23.6. The van der Waals surface area contributed by atoms with Crippen LogP contribution in [0, 0.1) is 5.92 Å². The fourth-order valence-electron chi connectivity index (χ4n) is 5.59. The number of nitrogens with one attached hydrogen (secondary N) is 1. The number of hydrogen-bond donors (Lipinski definition) is 1.